The monoisotopic (exact) mass is 390 g/mol. The molecule has 7 heteroatoms. The molecule has 1 aliphatic carbocycles. The Morgan fingerprint density at radius 3 is 2.90 bits per heavy atom. The number of hydrogen-bond acceptors (Lipinski definition) is 4. The second-order valence-corrected chi connectivity index (χ2v) is 8.01. The number of hydrogen-bond donors (Lipinski definition) is 2. The minimum absolute atomic E-state index is 0.0801. The quantitative estimate of drug-likeness (QED) is 0.695. The summed E-state index contributed by atoms with van der Waals surface area (Å²) in [5, 5.41) is 15.6. The molecule has 1 amide bonds. The van der Waals surface area contributed by atoms with Crippen LogP contribution in [0.4, 0.5) is 0 Å². The van der Waals surface area contributed by atoms with E-state index in [9.17, 15) is 4.79 Å². The molecule has 0 spiro atoms. The van der Waals surface area contributed by atoms with Crippen LogP contribution in [0, 0.1) is 5.92 Å². The van der Waals surface area contributed by atoms with Crippen LogP contribution in [-0.4, -0.2) is 38.6 Å². The molecule has 2 atom stereocenters. The Bertz CT molecular complexity index is 1020. The number of nitrogens with zero attached hydrogens (tertiary/aromatic N) is 4. The van der Waals surface area contributed by atoms with Gasteiger partial charge in [0, 0.05) is 37.9 Å². The van der Waals surface area contributed by atoms with Gasteiger partial charge in [-0.05, 0) is 42.5 Å². The number of carbonyl (C=O) groups is 1. The lowest BCUT2D eigenvalue weighted by molar-refractivity contribution is -0.125. The van der Waals surface area contributed by atoms with Crippen LogP contribution in [0.1, 0.15) is 34.9 Å². The van der Waals surface area contributed by atoms with Crippen LogP contribution in [0.15, 0.2) is 42.7 Å². The third kappa shape index (κ3) is 3.35. The Kier molecular flexibility index (Phi) is 4.67. The second kappa shape index (κ2) is 7.48. The summed E-state index contributed by atoms with van der Waals surface area (Å²) in [6.07, 6.45) is 7.10. The molecule has 0 unspecified atom stereocenters. The van der Waals surface area contributed by atoms with Crippen LogP contribution in [0.3, 0.4) is 0 Å². The van der Waals surface area contributed by atoms with Gasteiger partial charge in [-0.2, -0.15) is 10.2 Å². The number of rotatable bonds is 5. The van der Waals surface area contributed by atoms with Crippen molar-refractivity contribution in [1.29, 1.82) is 0 Å². The topological polar surface area (TPSA) is 76.8 Å². The van der Waals surface area contributed by atoms with Gasteiger partial charge < -0.3 is 10.6 Å². The van der Waals surface area contributed by atoms with Gasteiger partial charge in [-0.15, -0.1) is 0 Å². The molecular formula is C22H26N6O. The molecular weight excluding hydrogens is 364 g/mol. The van der Waals surface area contributed by atoms with Crippen molar-refractivity contribution in [3.8, 4) is 5.69 Å². The van der Waals surface area contributed by atoms with Gasteiger partial charge in [0.05, 0.1) is 30.0 Å². The predicted molar refractivity (Wildman–Crippen MR) is 110 cm³/mol. The van der Waals surface area contributed by atoms with Crippen molar-refractivity contribution in [1.82, 2.24) is 30.2 Å². The summed E-state index contributed by atoms with van der Waals surface area (Å²) in [6, 6.07) is 10.2. The number of benzene rings is 1. The van der Waals surface area contributed by atoms with E-state index in [-0.39, 0.29) is 17.7 Å². The first-order chi connectivity index (χ1) is 14.2. The summed E-state index contributed by atoms with van der Waals surface area (Å²) in [5.41, 5.74) is 5.80. The van der Waals surface area contributed by atoms with E-state index in [1.54, 1.807) is 4.68 Å². The van der Waals surface area contributed by atoms with Crippen molar-refractivity contribution in [3.05, 3.63) is 65.2 Å². The first-order valence-electron chi connectivity index (χ1n) is 10.3. The summed E-state index contributed by atoms with van der Waals surface area (Å²) in [5.74, 6) is 0.171. The van der Waals surface area contributed by atoms with Gasteiger partial charge in [-0.3, -0.25) is 9.48 Å². The predicted octanol–water partition coefficient (Wildman–Crippen LogP) is 1.71. The fourth-order valence-electron chi connectivity index (χ4n) is 4.68. The molecule has 1 saturated heterocycles. The lowest BCUT2D eigenvalue weighted by Gasteiger charge is -2.16. The minimum Gasteiger partial charge on any atom is -0.350 e. The number of para-hydroxylation sites is 1. The van der Waals surface area contributed by atoms with Crippen molar-refractivity contribution in [2.45, 2.75) is 31.7 Å². The van der Waals surface area contributed by atoms with E-state index in [1.165, 1.54) is 11.3 Å². The molecule has 5 rings (SSSR count). The standard InChI is InChI=1S/C22H26N6O/c1-27-14-15(10-25-27)18-11-23-12-19(18)22(29)24-13-20-17-8-5-9-21(17)28(26-20)16-6-3-2-4-7-16/h2-4,6-7,10,14,18-19,23H,5,8-9,11-13H2,1H3,(H,24,29)/t18-,19+/m1/s1. The maximum atomic E-state index is 13.0. The van der Waals surface area contributed by atoms with Crippen molar-refractivity contribution in [2.75, 3.05) is 13.1 Å². The summed E-state index contributed by atoms with van der Waals surface area (Å²) in [6.45, 7) is 1.99. The lowest BCUT2D eigenvalue weighted by Crippen LogP contribution is -2.34. The zero-order valence-corrected chi connectivity index (χ0v) is 16.6. The Labute approximate surface area is 170 Å². The maximum Gasteiger partial charge on any atom is 0.225 e. The number of carbonyl (C=O) groups excluding carboxylic acids is 1. The van der Waals surface area contributed by atoms with E-state index >= 15 is 0 Å². The summed E-state index contributed by atoms with van der Waals surface area (Å²) in [4.78, 5) is 13.0. The smallest absolute Gasteiger partial charge is 0.225 e. The first kappa shape index (κ1) is 18.1. The zero-order valence-electron chi connectivity index (χ0n) is 16.6. The SMILES string of the molecule is Cn1cc([C@H]2CNC[C@@H]2C(=O)NCc2nn(-c3ccccc3)c3c2CCC3)cn1. The first-order valence-corrected chi connectivity index (χ1v) is 10.3. The molecule has 2 aliphatic rings. The molecule has 1 aliphatic heterocycles. The van der Waals surface area contributed by atoms with E-state index in [4.69, 9.17) is 5.10 Å². The summed E-state index contributed by atoms with van der Waals surface area (Å²) in [7, 11) is 1.91. The van der Waals surface area contributed by atoms with Crippen molar-refractivity contribution >= 4 is 5.91 Å². The van der Waals surface area contributed by atoms with Gasteiger partial charge >= 0.3 is 0 Å². The van der Waals surface area contributed by atoms with Crippen molar-refractivity contribution in [3.63, 3.8) is 0 Å². The number of fused-ring (bicyclic) bond motifs is 1. The van der Waals surface area contributed by atoms with Crippen LogP contribution in [0.5, 0.6) is 0 Å². The minimum atomic E-state index is -0.0801. The number of aryl methyl sites for hydroxylation is 1. The van der Waals surface area contributed by atoms with Crippen molar-refractivity contribution in [2.24, 2.45) is 13.0 Å². The van der Waals surface area contributed by atoms with Crippen LogP contribution in [-0.2, 0) is 31.2 Å². The zero-order chi connectivity index (χ0) is 19.8. The normalized spacial score (nSPS) is 20.7. The van der Waals surface area contributed by atoms with E-state index < -0.39 is 0 Å². The van der Waals surface area contributed by atoms with Crippen LogP contribution < -0.4 is 10.6 Å². The molecule has 3 heterocycles. The highest BCUT2D eigenvalue weighted by atomic mass is 16.1. The van der Waals surface area contributed by atoms with Crippen LogP contribution in [0.25, 0.3) is 5.69 Å². The molecule has 0 bridgehead atoms. The molecule has 29 heavy (non-hydrogen) atoms. The highest BCUT2D eigenvalue weighted by Crippen LogP contribution is 2.29. The van der Waals surface area contributed by atoms with Crippen LogP contribution in [0.2, 0.25) is 0 Å². The fraction of sp³-hybridized carbons (Fsp3) is 0.409. The molecule has 150 valence electrons. The lowest BCUT2D eigenvalue weighted by atomic mass is 9.90. The van der Waals surface area contributed by atoms with E-state index in [0.717, 1.165) is 42.8 Å². The Morgan fingerprint density at radius 2 is 2.10 bits per heavy atom. The van der Waals surface area contributed by atoms with Gasteiger partial charge in [0.25, 0.3) is 0 Å². The molecule has 2 aromatic heterocycles. The number of nitrogens with one attached hydrogen (secondary N) is 2. The molecule has 0 radical (unpaired) electrons. The fourth-order valence-corrected chi connectivity index (χ4v) is 4.68. The Balaban J connectivity index is 1.32. The molecule has 0 saturated carbocycles. The average Bonchev–Trinajstić information content (AvgIpc) is 3.51. The molecule has 1 fully saturated rings. The summed E-state index contributed by atoms with van der Waals surface area (Å²) >= 11 is 0. The third-order valence-corrected chi connectivity index (χ3v) is 6.15. The largest absolute Gasteiger partial charge is 0.350 e. The third-order valence-electron chi connectivity index (χ3n) is 6.15. The second-order valence-electron chi connectivity index (χ2n) is 8.01. The highest BCUT2D eigenvalue weighted by molar-refractivity contribution is 5.80. The van der Waals surface area contributed by atoms with Gasteiger partial charge in [0.15, 0.2) is 0 Å². The maximum absolute atomic E-state index is 13.0. The molecule has 3 aromatic rings. The van der Waals surface area contributed by atoms with Gasteiger partial charge in [-0.1, -0.05) is 18.2 Å². The Hall–Kier alpha value is -2.93. The van der Waals surface area contributed by atoms with Gasteiger partial charge in [0.1, 0.15) is 0 Å². The van der Waals surface area contributed by atoms with E-state index in [1.807, 2.05) is 37.6 Å². The molecule has 2 N–H and O–H groups in total. The van der Waals surface area contributed by atoms with E-state index in [0.29, 0.717) is 13.1 Å². The number of amides is 1. The van der Waals surface area contributed by atoms with E-state index in [2.05, 4.69) is 32.5 Å². The van der Waals surface area contributed by atoms with Crippen molar-refractivity contribution < 1.29 is 4.79 Å². The van der Waals surface area contributed by atoms with Gasteiger partial charge in [-0.25, -0.2) is 4.68 Å². The van der Waals surface area contributed by atoms with Gasteiger partial charge in [0.2, 0.25) is 5.91 Å². The Morgan fingerprint density at radius 1 is 1.24 bits per heavy atom. The molecule has 7 nitrogen and oxygen atoms in total. The summed E-state index contributed by atoms with van der Waals surface area (Å²) < 4.78 is 3.85. The molecule has 1 aromatic carbocycles. The van der Waals surface area contributed by atoms with Crippen LogP contribution >= 0.6 is 0 Å². The number of aromatic nitrogens is 4. The average molecular weight is 390 g/mol. The highest BCUT2D eigenvalue weighted by Gasteiger charge is 2.35.